The van der Waals surface area contributed by atoms with Crippen LogP contribution in [0.1, 0.15) is 34.6 Å². The van der Waals surface area contributed by atoms with Crippen molar-refractivity contribution in [1.82, 2.24) is 0 Å². The Bertz CT molecular complexity index is 243. The van der Waals surface area contributed by atoms with Gasteiger partial charge in [-0.15, -0.1) is 0 Å². The fourth-order valence-corrected chi connectivity index (χ4v) is 1.56. The van der Waals surface area contributed by atoms with Gasteiger partial charge in [-0.1, -0.05) is 13.8 Å². The van der Waals surface area contributed by atoms with Crippen LogP contribution in [0.5, 0.6) is 0 Å². The molecule has 0 saturated carbocycles. The van der Waals surface area contributed by atoms with Gasteiger partial charge < -0.3 is 0 Å². The van der Waals surface area contributed by atoms with Gasteiger partial charge in [-0.25, -0.2) is 4.40 Å². The molecule has 3 heteroatoms. The molecule has 0 saturated heterocycles. The van der Waals surface area contributed by atoms with Crippen molar-refractivity contribution in [2.24, 2.45) is 15.3 Å². The van der Waals surface area contributed by atoms with Crippen molar-refractivity contribution in [2.75, 3.05) is 0 Å². The Hall–Kier alpha value is -0.310. The van der Waals surface area contributed by atoms with Gasteiger partial charge >= 0.3 is 0 Å². The van der Waals surface area contributed by atoms with Crippen molar-refractivity contribution < 1.29 is 0 Å². The Balaban J connectivity index is 2.93. The highest BCUT2D eigenvalue weighted by Gasteiger charge is 2.29. The lowest BCUT2D eigenvalue weighted by molar-refractivity contribution is 0.460. The monoisotopic (exact) mass is 198 g/mol. The Morgan fingerprint density at radius 3 is 2.31 bits per heavy atom. The summed E-state index contributed by atoms with van der Waals surface area (Å²) in [7, 11) is 0. The van der Waals surface area contributed by atoms with E-state index in [0.717, 1.165) is 0 Å². The minimum absolute atomic E-state index is 0.0309. The van der Waals surface area contributed by atoms with E-state index in [2.05, 4.69) is 44.0 Å². The first kappa shape index (κ1) is 10.8. The van der Waals surface area contributed by atoms with E-state index >= 15 is 0 Å². The van der Waals surface area contributed by atoms with Gasteiger partial charge in [-0.05, 0) is 38.6 Å². The van der Waals surface area contributed by atoms with Gasteiger partial charge in [0.1, 0.15) is 0 Å². The van der Waals surface area contributed by atoms with E-state index in [1.54, 1.807) is 11.9 Å². The topological polar surface area (TPSA) is 24.7 Å². The highest BCUT2D eigenvalue weighted by Crippen LogP contribution is 2.30. The SMILES string of the molecule is CC(C)C1(C)C=NSC(C)(C)C=N1. The fourth-order valence-electron chi connectivity index (χ4n) is 0.918. The molecule has 74 valence electrons. The van der Waals surface area contributed by atoms with Crippen LogP contribution in [-0.2, 0) is 0 Å². The molecule has 0 N–H and O–H groups in total. The maximum Gasteiger partial charge on any atom is 0.0955 e. The Kier molecular flexibility index (Phi) is 2.85. The zero-order chi connectivity index (χ0) is 10.1. The molecule has 0 aromatic carbocycles. The predicted octanol–water partition coefficient (Wildman–Crippen LogP) is 2.98. The number of nitrogens with zero attached hydrogens (tertiary/aromatic N) is 2. The molecule has 0 amide bonds. The average molecular weight is 198 g/mol. The molecule has 1 aliphatic heterocycles. The summed E-state index contributed by atoms with van der Waals surface area (Å²) in [4.78, 5) is 4.61. The van der Waals surface area contributed by atoms with Crippen molar-refractivity contribution in [3.05, 3.63) is 0 Å². The number of aliphatic imine (C=N–C) groups is 1. The zero-order valence-electron chi connectivity index (χ0n) is 9.03. The lowest BCUT2D eigenvalue weighted by atomic mass is 9.90. The lowest BCUT2D eigenvalue weighted by Gasteiger charge is -2.24. The summed E-state index contributed by atoms with van der Waals surface area (Å²) in [6.07, 6.45) is 3.98. The first-order valence-electron chi connectivity index (χ1n) is 4.65. The third kappa shape index (κ3) is 2.56. The van der Waals surface area contributed by atoms with Crippen LogP contribution in [0.3, 0.4) is 0 Å². The highest BCUT2D eigenvalue weighted by molar-refractivity contribution is 8.00. The molecule has 0 bridgehead atoms. The molecule has 1 atom stereocenters. The standard InChI is InChI=1S/C10H18N2S/c1-8(2)10(5)7-12-13-9(3,4)6-11-10/h6-8H,1-5H3. The van der Waals surface area contributed by atoms with Crippen LogP contribution in [0.4, 0.5) is 0 Å². The quantitative estimate of drug-likeness (QED) is 0.594. The van der Waals surface area contributed by atoms with Crippen LogP contribution in [0.15, 0.2) is 9.39 Å². The minimum atomic E-state index is -0.124. The van der Waals surface area contributed by atoms with E-state index in [4.69, 9.17) is 0 Å². The van der Waals surface area contributed by atoms with E-state index in [0.29, 0.717) is 5.92 Å². The summed E-state index contributed by atoms with van der Waals surface area (Å²) in [6.45, 7) is 10.7. The molecular formula is C10H18N2S. The van der Waals surface area contributed by atoms with Gasteiger partial charge in [-0.2, -0.15) is 0 Å². The molecule has 2 nitrogen and oxygen atoms in total. The van der Waals surface area contributed by atoms with Crippen molar-refractivity contribution in [2.45, 2.75) is 44.9 Å². The third-order valence-electron chi connectivity index (χ3n) is 2.42. The maximum absolute atomic E-state index is 4.61. The normalized spacial score (nSPS) is 32.2. The summed E-state index contributed by atoms with van der Waals surface area (Å²) in [5.74, 6) is 0.488. The van der Waals surface area contributed by atoms with E-state index in [-0.39, 0.29) is 10.3 Å². The Morgan fingerprint density at radius 2 is 1.77 bits per heavy atom. The molecule has 0 aromatic rings. The van der Waals surface area contributed by atoms with Crippen LogP contribution in [-0.4, -0.2) is 22.7 Å². The van der Waals surface area contributed by atoms with Crippen LogP contribution in [0.2, 0.25) is 0 Å². The van der Waals surface area contributed by atoms with Crippen LogP contribution < -0.4 is 0 Å². The van der Waals surface area contributed by atoms with Crippen molar-refractivity contribution in [3.8, 4) is 0 Å². The molecule has 1 unspecified atom stereocenters. The molecule has 13 heavy (non-hydrogen) atoms. The predicted molar refractivity (Wildman–Crippen MR) is 61.9 cm³/mol. The lowest BCUT2D eigenvalue weighted by Crippen LogP contribution is -2.31. The van der Waals surface area contributed by atoms with E-state index < -0.39 is 0 Å². The highest BCUT2D eigenvalue weighted by atomic mass is 32.2. The summed E-state index contributed by atoms with van der Waals surface area (Å²) in [6, 6.07) is 0. The molecule has 1 heterocycles. The smallest absolute Gasteiger partial charge is 0.0955 e. The molecule has 1 rings (SSSR count). The Labute approximate surface area is 85.1 Å². The van der Waals surface area contributed by atoms with Crippen molar-refractivity contribution in [1.29, 1.82) is 0 Å². The second-order valence-corrected chi connectivity index (χ2v) is 6.01. The van der Waals surface area contributed by atoms with Gasteiger partial charge in [-0.3, -0.25) is 4.99 Å². The first-order chi connectivity index (χ1) is 5.86. The molecule has 0 radical (unpaired) electrons. The fraction of sp³-hybridized carbons (Fsp3) is 0.800. The maximum atomic E-state index is 4.61. The number of hydrogen-bond donors (Lipinski definition) is 0. The summed E-state index contributed by atoms with van der Waals surface area (Å²) < 4.78 is 4.40. The van der Waals surface area contributed by atoms with E-state index in [1.807, 2.05) is 12.4 Å². The van der Waals surface area contributed by atoms with Gasteiger partial charge in [0.15, 0.2) is 0 Å². The van der Waals surface area contributed by atoms with E-state index in [9.17, 15) is 0 Å². The zero-order valence-corrected chi connectivity index (χ0v) is 9.85. The molecule has 1 aliphatic rings. The number of hydrogen-bond acceptors (Lipinski definition) is 3. The molecule has 0 fully saturated rings. The first-order valence-corrected chi connectivity index (χ1v) is 5.42. The summed E-state index contributed by atoms with van der Waals surface area (Å²) >= 11 is 1.58. The summed E-state index contributed by atoms with van der Waals surface area (Å²) in [5.41, 5.74) is -0.124. The van der Waals surface area contributed by atoms with Gasteiger partial charge in [0.25, 0.3) is 0 Å². The molecule has 0 aliphatic carbocycles. The average Bonchev–Trinajstić information content (AvgIpc) is 2.12. The molecule has 0 aromatic heterocycles. The van der Waals surface area contributed by atoms with Crippen LogP contribution >= 0.6 is 11.9 Å². The van der Waals surface area contributed by atoms with Gasteiger partial charge in [0.2, 0.25) is 0 Å². The summed E-state index contributed by atoms with van der Waals surface area (Å²) in [5, 5.41) is 0. The van der Waals surface area contributed by atoms with Crippen molar-refractivity contribution >= 4 is 24.4 Å². The molecular weight excluding hydrogens is 180 g/mol. The Morgan fingerprint density at radius 1 is 1.15 bits per heavy atom. The third-order valence-corrected chi connectivity index (χ3v) is 3.21. The largest absolute Gasteiger partial charge is 0.284 e. The van der Waals surface area contributed by atoms with Gasteiger partial charge in [0, 0.05) is 12.4 Å². The minimum Gasteiger partial charge on any atom is -0.284 e. The van der Waals surface area contributed by atoms with Gasteiger partial charge in [0.05, 0.1) is 10.3 Å². The second-order valence-electron chi connectivity index (χ2n) is 4.57. The van der Waals surface area contributed by atoms with E-state index in [1.165, 1.54) is 0 Å². The van der Waals surface area contributed by atoms with Crippen LogP contribution in [0, 0.1) is 5.92 Å². The second kappa shape index (κ2) is 3.45. The number of rotatable bonds is 1. The van der Waals surface area contributed by atoms with Crippen LogP contribution in [0.25, 0.3) is 0 Å². The molecule has 0 spiro atoms. The van der Waals surface area contributed by atoms with Crippen molar-refractivity contribution in [3.63, 3.8) is 0 Å².